The number of pyridine rings is 1. The van der Waals surface area contributed by atoms with Crippen LogP contribution in [-0.2, 0) is 0 Å². The predicted octanol–water partition coefficient (Wildman–Crippen LogP) is 3.14. The van der Waals surface area contributed by atoms with Crippen molar-refractivity contribution in [2.75, 3.05) is 7.05 Å². The van der Waals surface area contributed by atoms with Crippen LogP contribution in [-0.4, -0.2) is 17.0 Å². The summed E-state index contributed by atoms with van der Waals surface area (Å²) in [6.45, 7) is 2.09. The molecule has 0 aliphatic rings. The van der Waals surface area contributed by atoms with E-state index in [1.807, 2.05) is 25.4 Å². The topological polar surface area (TPSA) is 37.8 Å². The fourth-order valence-electron chi connectivity index (χ4n) is 1.28. The van der Waals surface area contributed by atoms with Crippen LogP contribution in [0.4, 0.5) is 0 Å². The monoisotopic (exact) mass is 253 g/mol. The fourth-order valence-corrected chi connectivity index (χ4v) is 2.54. The summed E-state index contributed by atoms with van der Waals surface area (Å²) < 4.78 is 0. The van der Waals surface area contributed by atoms with Gasteiger partial charge in [-0.15, -0.1) is 11.3 Å². The lowest BCUT2D eigenvalue weighted by Gasteiger charge is -2.04. The Balaban J connectivity index is 2.35. The summed E-state index contributed by atoms with van der Waals surface area (Å²) in [7, 11) is 1.93. The summed E-state index contributed by atoms with van der Waals surface area (Å²) in [6.07, 6.45) is 3.59. The molecule has 0 fully saturated rings. The molecule has 0 bridgehead atoms. The Kier molecular flexibility index (Phi) is 3.53. The van der Waals surface area contributed by atoms with E-state index in [1.165, 1.54) is 4.88 Å². The first-order valence-electron chi connectivity index (χ1n) is 4.96. The van der Waals surface area contributed by atoms with Crippen LogP contribution in [0.2, 0.25) is 5.02 Å². The second-order valence-electron chi connectivity index (χ2n) is 3.41. The van der Waals surface area contributed by atoms with Gasteiger partial charge in [0.25, 0.3) is 0 Å². The van der Waals surface area contributed by atoms with E-state index in [-0.39, 0.29) is 0 Å². The van der Waals surface area contributed by atoms with E-state index >= 15 is 0 Å². The lowest BCUT2D eigenvalue weighted by atomic mass is 10.3. The van der Waals surface area contributed by atoms with Gasteiger partial charge in [0.05, 0.1) is 5.02 Å². The fraction of sp³-hybridized carbons (Fsp3) is 0.273. The maximum atomic E-state index is 6.07. The van der Waals surface area contributed by atoms with Gasteiger partial charge in [0, 0.05) is 23.3 Å². The Labute approximate surface area is 104 Å². The number of rotatable bonds is 3. The number of nitrogens with one attached hydrogen (secondary N) is 1. The molecule has 0 saturated carbocycles. The highest BCUT2D eigenvalue weighted by atomic mass is 35.5. The molecule has 1 N–H and O–H groups in total. The summed E-state index contributed by atoms with van der Waals surface area (Å²) in [5, 5.41) is 4.68. The van der Waals surface area contributed by atoms with E-state index in [0.717, 1.165) is 10.7 Å². The van der Waals surface area contributed by atoms with E-state index in [1.54, 1.807) is 17.5 Å². The first-order chi connectivity index (χ1) is 7.72. The number of thiazole rings is 1. The molecule has 16 heavy (non-hydrogen) atoms. The smallest absolute Gasteiger partial charge is 0.143 e. The first-order valence-corrected chi connectivity index (χ1v) is 6.15. The zero-order valence-electron chi connectivity index (χ0n) is 9.07. The van der Waals surface area contributed by atoms with E-state index in [2.05, 4.69) is 22.2 Å². The molecule has 84 valence electrons. The van der Waals surface area contributed by atoms with Gasteiger partial charge in [-0.3, -0.25) is 4.98 Å². The molecule has 2 aromatic rings. The molecule has 0 saturated heterocycles. The van der Waals surface area contributed by atoms with Crippen LogP contribution in [0, 0.1) is 0 Å². The van der Waals surface area contributed by atoms with Crippen LogP contribution in [0.25, 0.3) is 10.7 Å². The standard InChI is InChI=1S/C11H12ClN3S/c1-7(13-2)9-6-15-11(16-9)10-8(12)4-3-5-14-10/h3-7,13H,1-2H3. The third kappa shape index (κ3) is 2.24. The number of hydrogen-bond donors (Lipinski definition) is 1. The highest BCUT2D eigenvalue weighted by Gasteiger charge is 2.12. The Morgan fingerprint density at radius 3 is 2.94 bits per heavy atom. The largest absolute Gasteiger partial charge is 0.312 e. The maximum Gasteiger partial charge on any atom is 0.143 e. The van der Waals surface area contributed by atoms with Crippen LogP contribution >= 0.6 is 22.9 Å². The SMILES string of the molecule is CNC(C)c1cnc(-c2ncccc2Cl)s1. The Morgan fingerprint density at radius 1 is 1.44 bits per heavy atom. The van der Waals surface area contributed by atoms with Crippen LogP contribution in [0.3, 0.4) is 0 Å². The molecular weight excluding hydrogens is 242 g/mol. The number of halogens is 1. The van der Waals surface area contributed by atoms with Gasteiger partial charge in [-0.25, -0.2) is 4.98 Å². The molecule has 0 aliphatic heterocycles. The van der Waals surface area contributed by atoms with E-state index in [0.29, 0.717) is 11.1 Å². The molecule has 0 spiro atoms. The van der Waals surface area contributed by atoms with E-state index < -0.39 is 0 Å². The molecule has 2 heterocycles. The van der Waals surface area contributed by atoms with Gasteiger partial charge in [0.15, 0.2) is 0 Å². The van der Waals surface area contributed by atoms with Crippen LogP contribution in [0.5, 0.6) is 0 Å². The summed E-state index contributed by atoms with van der Waals surface area (Å²) >= 11 is 7.68. The number of hydrogen-bond acceptors (Lipinski definition) is 4. The maximum absolute atomic E-state index is 6.07. The normalized spacial score (nSPS) is 12.7. The van der Waals surface area contributed by atoms with Crippen molar-refractivity contribution >= 4 is 22.9 Å². The molecule has 3 nitrogen and oxygen atoms in total. The molecule has 0 radical (unpaired) electrons. The van der Waals surface area contributed by atoms with Crippen molar-refractivity contribution in [3.63, 3.8) is 0 Å². The van der Waals surface area contributed by atoms with Gasteiger partial charge >= 0.3 is 0 Å². The zero-order chi connectivity index (χ0) is 11.5. The molecule has 2 rings (SSSR count). The first kappa shape index (κ1) is 11.5. The molecule has 1 unspecified atom stereocenters. The third-order valence-corrected chi connectivity index (χ3v) is 3.84. The Hall–Kier alpha value is -0.970. The summed E-state index contributed by atoms with van der Waals surface area (Å²) in [5.41, 5.74) is 0.753. The van der Waals surface area contributed by atoms with Crippen molar-refractivity contribution in [3.8, 4) is 10.7 Å². The summed E-state index contributed by atoms with van der Waals surface area (Å²) in [6, 6.07) is 3.94. The zero-order valence-corrected chi connectivity index (χ0v) is 10.6. The van der Waals surface area contributed by atoms with Gasteiger partial charge < -0.3 is 5.32 Å². The third-order valence-electron chi connectivity index (χ3n) is 2.34. The minimum Gasteiger partial charge on any atom is -0.312 e. The van der Waals surface area contributed by atoms with Crippen molar-refractivity contribution in [2.45, 2.75) is 13.0 Å². The number of aromatic nitrogens is 2. The molecule has 0 amide bonds. The van der Waals surface area contributed by atoms with Crippen molar-refractivity contribution in [3.05, 3.63) is 34.4 Å². The van der Waals surface area contributed by atoms with Crippen molar-refractivity contribution in [1.82, 2.24) is 15.3 Å². The van der Waals surface area contributed by atoms with Crippen LogP contribution in [0.1, 0.15) is 17.8 Å². The quantitative estimate of drug-likeness (QED) is 0.913. The highest BCUT2D eigenvalue weighted by Crippen LogP contribution is 2.31. The Bertz CT molecular complexity index is 484. The lowest BCUT2D eigenvalue weighted by Crippen LogP contribution is -2.10. The van der Waals surface area contributed by atoms with E-state index in [9.17, 15) is 0 Å². The van der Waals surface area contributed by atoms with E-state index in [4.69, 9.17) is 11.6 Å². The Morgan fingerprint density at radius 2 is 2.25 bits per heavy atom. The second kappa shape index (κ2) is 4.91. The molecule has 0 aromatic carbocycles. The molecule has 2 aromatic heterocycles. The second-order valence-corrected chi connectivity index (χ2v) is 4.88. The van der Waals surface area contributed by atoms with Gasteiger partial charge in [-0.1, -0.05) is 11.6 Å². The van der Waals surface area contributed by atoms with Crippen molar-refractivity contribution in [1.29, 1.82) is 0 Å². The summed E-state index contributed by atoms with van der Waals surface area (Å²) in [4.78, 5) is 9.77. The minimum absolute atomic E-state index is 0.300. The number of nitrogens with zero attached hydrogens (tertiary/aromatic N) is 2. The van der Waals surface area contributed by atoms with Crippen LogP contribution < -0.4 is 5.32 Å². The molecule has 0 aliphatic carbocycles. The van der Waals surface area contributed by atoms with Gasteiger partial charge in [-0.05, 0) is 26.1 Å². The lowest BCUT2D eigenvalue weighted by molar-refractivity contribution is 0.662. The minimum atomic E-state index is 0.300. The van der Waals surface area contributed by atoms with Crippen LogP contribution in [0.15, 0.2) is 24.5 Å². The average Bonchev–Trinajstić information content (AvgIpc) is 2.78. The molecule has 1 atom stereocenters. The van der Waals surface area contributed by atoms with Crippen molar-refractivity contribution < 1.29 is 0 Å². The highest BCUT2D eigenvalue weighted by molar-refractivity contribution is 7.15. The molecular formula is C11H12ClN3S. The van der Waals surface area contributed by atoms with Gasteiger partial charge in [0.1, 0.15) is 10.7 Å². The molecule has 5 heteroatoms. The average molecular weight is 254 g/mol. The predicted molar refractivity (Wildman–Crippen MR) is 67.8 cm³/mol. The van der Waals surface area contributed by atoms with Crippen molar-refractivity contribution in [2.24, 2.45) is 0 Å². The van der Waals surface area contributed by atoms with Gasteiger partial charge in [-0.2, -0.15) is 0 Å². The van der Waals surface area contributed by atoms with Gasteiger partial charge in [0.2, 0.25) is 0 Å². The summed E-state index contributed by atoms with van der Waals surface area (Å²) in [5.74, 6) is 0.